The molecule has 2 atom stereocenters. The van der Waals surface area contributed by atoms with Gasteiger partial charge in [0.15, 0.2) is 0 Å². The van der Waals surface area contributed by atoms with Crippen molar-refractivity contribution in [1.29, 1.82) is 0 Å². The Morgan fingerprint density at radius 2 is 2.25 bits per heavy atom. The van der Waals surface area contributed by atoms with Gasteiger partial charge in [-0.3, -0.25) is 4.79 Å². The standard InChI is InChI=1S/C12H20N4O2S.ClH/c17-11(5-9-8-19-4-1-13-9)15-2-3-16-10(7-15)6-14-12(16)18;/h9-10,13H,1-8H2,(H,14,18);1H. The lowest BCUT2D eigenvalue weighted by Gasteiger charge is -2.37. The maximum Gasteiger partial charge on any atom is 0.317 e. The van der Waals surface area contributed by atoms with E-state index in [0.717, 1.165) is 18.1 Å². The van der Waals surface area contributed by atoms with Gasteiger partial charge in [0, 0.05) is 56.7 Å². The SMILES string of the molecule is Cl.O=C(CC1CSCCN1)N1CCN2C(=O)NCC2C1. The lowest BCUT2D eigenvalue weighted by molar-refractivity contribution is -0.133. The summed E-state index contributed by atoms with van der Waals surface area (Å²) in [6.07, 6.45) is 0.584. The second-order valence-electron chi connectivity index (χ2n) is 5.30. The Labute approximate surface area is 129 Å². The number of hydrogen-bond donors (Lipinski definition) is 2. The zero-order valence-electron chi connectivity index (χ0n) is 11.3. The fourth-order valence-electron chi connectivity index (χ4n) is 2.92. The number of carbonyl (C=O) groups is 2. The average molecular weight is 321 g/mol. The molecule has 2 N–H and O–H groups in total. The summed E-state index contributed by atoms with van der Waals surface area (Å²) >= 11 is 1.91. The van der Waals surface area contributed by atoms with Gasteiger partial charge >= 0.3 is 6.03 Å². The van der Waals surface area contributed by atoms with Crippen molar-refractivity contribution in [3.63, 3.8) is 0 Å². The number of amides is 3. The first-order valence-electron chi connectivity index (χ1n) is 6.87. The van der Waals surface area contributed by atoms with Crippen LogP contribution in [-0.4, -0.2) is 78.1 Å². The van der Waals surface area contributed by atoms with E-state index in [2.05, 4.69) is 10.6 Å². The van der Waals surface area contributed by atoms with E-state index < -0.39 is 0 Å². The van der Waals surface area contributed by atoms with Crippen LogP contribution in [0, 0.1) is 0 Å². The minimum atomic E-state index is 0. The first-order valence-corrected chi connectivity index (χ1v) is 8.03. The summed E-state index contributed by atoms with van der Waals surface area (Å²) in [5.74, 6) is 2.38. The van der Waals surface area contributed by atoms with Gasteiger partial charge in [-0.25, -0.2) is 4.79 Å². The molecule has 6 nitrogen and oxygen atoms in total. The molecule has 3 aliphatic heterocycles. The Balaban J connectivity index is 0.00000147. The number of rotatable bonds is 2. The van der Waals surface area contributed by atoms with Gasteiger partial charge in [0.25, 0.3) is 0 Å². The molecule has 3 rings (SSSR count). The molecule has 20 heavy (non-hydrogen) atoms. The van der Waals surface area contributed by atoms with Gasteiger partial charge in [0.1, 0.15) is 0 Å². The summed E-state index contributed by atoms with van der Waals surface area (Å²) in [4.78, 5) is 27.6. The second kappa shape index (κ2) is 6.87. The highest BCUT2D eigenvalue weighted by molar-refractivity contribution is 7.99. The van der Waals surface area contributed by atoms with Crippen LogP contribution in [0.25, 0.3) is 0 Å². The molecule has 0 aliphatic carbocycles. The molecular formula is C12H21ClN4O2S. The smallest absolute Gasteiger partial charge is 0.317 e. The summed E-state index contributed by atoms with van der Waals surface area (Å²) in [5.41, 5.74) is 0. The summed E-state index contributed by atoms with van der Waals surface area (Å²) in [7, 11) is 0. The van der Waals surface area contributed by atoms with E-state index >= 15 is 0 Å². The molecule has 0 aromatic rings. The van der Waals surface area contributed by atoms with Gasteiger partial charge in [-0.15, -0.1) is 12.4 Å². The van der Waals surface area contributed by atoms with Crippen LogP contribution in [0.15, 0.2) is 0 Å². The van der Waals surface area contributed by atoms with Gasteiger partial charge in [-0.1, -0.05) is 0 Å². The predicted octanol–water partition coefficient (Wildman–Crippen LogP) is -0.261. The average Bonchev–Trinajstić information content (AvgIpc) is 2.81. The highest BCUT2D eigenvalue weighted by Crippen LogP contribution is 2.17. The van der Waals surface area contributed by atoms with E-state index in [-0.39, 0.29) is 30.4 Å². The maximum absolute atomic E-state index is 12.3. The van der Waals surface area contributed by atoms with Crippen molar-refractivity contribution >= 4 is 36.1 Å². The summed E-state index contributed by atoms with van der Waals surface area (Å²) < 4.78 is 0. The molecule has 0 saturated carbocycles. The highest BCUT2D eigenvalue weighted by atomic mass is 35.5. The van der Waals surface area contributed by atoms with Crippen LogP contribution in [0.1, 0.15) is 6.42 Å². The molecular weight excluding hydrogens is 300 g/mol. The lowest BCUT2D eigenvalue weighted by atomic mass is 10.1. The van der Waals surface area contributed by atoms with Gasteiger partial charge in [-0.05, 0) is 0 Å². The molecule has 3 amide bonds. The highest BCUT2D eigenvalue weighted by Gasteiger charge is 2.37. The summed E-state index contributed by atoms with van der Waals surface area (Å²) in [6, 6.07) is 0.494. The zero-order valence-corrected chi connectivity index (χ0v) is 13.0. The number of nitrogens with zero attached hydrogens (tertiary/aromatic N) is 2. The normalized spacial score (nSPS) is 29.5. The largest absolute Gasteiger partial charge is 0.339 e. The van der Waals surface area contributed by atoms with Crippen molar-refractivity contribution in [2.45, 2.75) is 18.5 Å². The number of halogens is 1. The quantitative estimate of drug-likeness (QED) is 0.736. The number of thioether (sulfide) groups is 1. The number of hydrogen-bond acceptors (Lipinski definition) is 4. The fraction of sp³-hybridized carbons (Fsp3) is 0.833. The van der Waals surface area contributed by atoms with Crippen LogP contribution < -0.4 is 10.6 Å². The number of nitrogens with one attached hydrogen (secondary N) is 2. The van der Waals surface area contributed by atoms with E-state index in [4.69, 9.17) is 0 Å². The van der Waals surface area contributed by atoms with Crippen molar-refractivity contribution < 1.29 is 9.59 Å². The van der Waals surface area contributed by atoms with E-state index in [1.165, 1.54) is 0 Å². The van der Waals surface area contributed by atoms with Gasteiger partial charge in [-0.2, -0.15) is 11.8 Å². The zero-order chi connectivity index (χ0) is 13.2. The molecule has 0 aromatic heterocycles. The van der Waals surface area contributed by atoms with E-state index in [1.54, 1.807) is 0 Å². The molecule has 0 aromatic carbocycles. The third kappa shape index (κ3) is 3.32. The first-order chi connectivity index (χ1) is 9.24. The molecule has 3 heterocycles. The van der Waals surface area contributed by atoms with Gasteiger partial charge in [0.05, 0.1) is 6.04 Å². The van der Waals surface area contributed by atoms with Crippen molar-refractivity contribution in [2.75, 3.05) is 44.2 Å². The molecule has 0 radical (unpaired) electrons. The first kappa shape index (κ1) is 15.7. The molecule has 0 spiro atoms. The number of carbonyl (C=O) groups excluding carboxylic acids is 2. The second-order valence-corrected chi connectivity index (χ2v) is 6.45. The number of urea groups is 1. The molecule has 2 unspecified atom stereocenters. The monoisotopic (exact) mass is 320 g/mol. The number of fused-ring (bicyclic) bond motifs is 1. The van der Waals surface area contributed by atoms with Crippen molar-refractivity contribution in [2.24, 2.45) is 0 Å². The van der Waals surface area contributed by atoms with Crippen molar-refractivity contribution in [3.05, 3.63) is 0 Å². The Morgan fingerprint density at radius 1 is 1.40 bits per heavy atom. The third-order valence-corrected chi connectivity index (χ3v) is 5.14. The van der Waals surface area contributed by atoms with Crippen LogP contribution in [0.5, 0.6) is 0 Å². The predicted molar refractivity (Wildman–Crippen MR) is 81.5 cm³/mol. The molecule has 3 fully saturated rings. The Kier molecular flexibility index (Phi) is 5.40. The summed E-state index contributed by atoms with van der Waals surface area (Å²) in [5, 5.41) is 6.23. The molecule has 8 heteroatoms. The molecule has 0 bridgehead atoms. The molecule has 114 valence electrons. The van der Waals surface area contributed by atoms with E-state index in [0.29, 0.717) is 38.6 Å². The molecule has 3 saturated heterocycles. The van der Waals surface area contributed by atoms with Crippen LogP contribution in [0.2, 0.25) is 0 Å². The molecule has 3 aliphatic rings. The minimum absolute atomic E-state index is 0. The number of piperazine rings is 1. The van der Waals surface area contributed by atoms with Crippen molar-refractivity contribution in [3.8, 4) is 0 Å². The van der Waals surface area contributed by atoms with E-state index in [1.807, 2.05) is 21.6 Å². The van der Waals surface area contributed by atoms with Gasteiger partial charge < -0.3 is 20.4 Å². The van der Waals surface area contributed by atoms with Gasteiger partial charge in [0.2, 0.25) is 5.91 Å². The fourth-order valence-corrected chi connectivity index (χ4v) is 3.87. The lowest BCUT2D eigenvalue weighted by Crippen LogP contribution is -2.54. The Morgan fingerprint density at radius 3 is 3.00 bits per heavy atom. The Bertz CT molecular complexity index is 378. The van der Waals surface area contributed by atoms with Crippen molar-refractivity contribution in [1.82, 2.24) is 20.4 Å². The van der Waals surface area contributed by atoms with E-state index in [9.17, 15) is 9.59 Å². The van der Waals surface area contributed by atoms with Crippen LogP contribution in [0.4, 0.5) is 4.79 Å². The topological polar surface area (TPSA) is 64.7 Å². The van der Waals surface area contributed by atoms with Crippen LogP contribution in [0.3, 0.4) is 0 Å². The summed E-state index contributed by atoms with van der Waals surface area (Å²) in [6.45, 7) is 3.67. The van der Waals surface area contributed by atoms with Crippen LogP contribution >= 0.6 is 24.2 Å². The minimum Gasteiger partial charge on any atom is -0.339 e. The third-order valence-electron chi connectivity index (χ3n) is 4.00. The maximum atomic E-state index is 12.3. The van der Waals surface area contributed by atoms with Crippen LogP contribution in [-0.2, 0) is 4.79 Å². The Hall–Kier alpha value is -0.660.